The number of aryl methyl sites for hydroxylation is 1. The van der Waals surface area contributed by atoms with Crippen LogP contribution in [0.15, 0.2) is 41.8 Å². The molecular formula is C17H26N6O2. The molecule has 2 heterocycles. The van der Waals surface area contributed by atoms with Gasteiger partial charge in [-0.1, -0.05) is 6.07 Å². The first kappa shape index (κ1) is 18.7. The van der Waals surface area contributed by atoms with Gasteiger partial charge in [-0.15, -0.1) is 0 Å². The highest BCUT2D eigenvalue weighted by atomic mass is 16.5. The molecule has 136 valence electrons. The van der Waals surface area contributed by atoms with Crippen LogP contribution in [0.2, 0.25) is 0 Å². The maximum Gasteiger partial charge on any atom is 0.213 e. The Hall–Kier alpha value is -2.61. The number of aliphatic imine (C=N–C) groups is 1. The first-order valence-corrected chi connectivity index (χ1v) is 8.30. The average molecular weight is 346 g/mol. The van der Waals surface area contributed by atoms with Crippen LogP contribution in [-0.4, -0.2) is 54.6 Å². The zero-order valence-corrected chi connectivity index (χ0v) is 14.8. The summed E-state index contributed by atoms with van der Waals surface area (Å²) in [6, 6.07) is 5.76. The minimum Gasteiger partial charge on any atom is -0.475 e. The van der Waals surface area contributed by atoms with Gasteiger partial charge in [0, 0.05) is 58.4 Å². The minimum absolute atomic E-state index is 0.496. The Balaban J connectivity index is 1.65. The Morgan fingerprint density at radius 3 is 2.88 bits per heavy atom. The van der Waals surface area contributed by atoms with Crippen LogP contribution in [0.5, 0.6) is 5.88 Å². The van der Waals surface area contributed by atoms with Crippen LogP contribution in [0.1, 0.15) is 12.0 Å². The molecule has 0 atom stereocenters. The summed E-state index contributed by atoms with van der Waals surface area (Å²) in [5.74, 6) is 1.36. The third-order valence-corrected chi connectivity index (χ3v) is 3.43. The van der Waals surface area contributed by atoms with Crippen molar-refractivity contribution in [3.05, 3.63) is 42.4 Å². The number of hydrogen-bond acceptors (Lipinski definition) is 5. The summed E-state index contributed by atoms with van der Waals surface area (Å²) < 4.78 is 12.3. The van der Waals surface area contributed by atoms with Crippen molar-refractivity contribution in [1.29, 1.82) is 0 Å². The Bertz CT molecular complexity index is 613. The Labute approximate surface area is 148 Å². The number of pyridine rings is 1. The lowest BCUT2D eigenvalue weighted by Gasteiger charge is -2.12. The smallest absolute Gasteiger partial charge is 0.213 e. The molecule has 2 aromatic rings. The van der Waals surface area contributed by atoms with E-state index in [2.05, 4.69) is 25.7 Å². The van der Waals surface area contributed by atoms with Gasteiger partial charge in [-0.3, -0.25) is 9.67 Å². The molecule has 0 bridgehead atoms. The zero-order valence-electron chi connectivity index (χ0n) is 14.8. The van der Waals surface area contributed by atoms with Crippen LogP contribution in [0, 0.1) is 0 Å². The van der Waals surface area contributed by atoms with E-state index in [9.17, 15) is 0 Å². The molecule has 0 aliphatic heterocycles. The highest BCUT2D eigenvalue weighted by Gasteiger charge is 2.00. The van der Waals surface area contributed by atoms with Crippen LogP contribution >= 0.6 is 0 Å². The quantitative estimate of drug-likeness (QED) is 0.380. The number of rotatable bonds is 10. The maximum atomic E-state index is 5.44. The number of nitrogens with zero attached hydrogens (tertiary/aromatic N) is 4. The molecule has 0 aliphatic carbocycles. The fourth-order valence-corrected chi connectivity index (χ4v) is 2.12. The Morgan fingerprint density at radius 2 is 2.20 bits per heavy atom. The van der Waals surface area contributed by atoms with Crippen molar-refractivity contribution in [2.45, 2.75) is 19.5 Å². The largest absolute Gasteiger partial charge is 0.475 e. The topological polar surface area (TPSA) is 85.6 Å². The number of methoxy groups -OCH3 is 1. The summed E-state index contributed by atoms with van der Waals surface area (Å²) in [6.07, 6.45) is 6.51. The average Bonchev–Trinajstić information content (AvgIpc) is 3.16. The molecule has 2 N–H and O–H groups in total. The highest BCUT2D eigenvalue weighted by Crippen LogP contribution is 2.07. The first-order chi connectivity index (χ1) is 12.3. The van der Waals surface area contributed by atoms with Gasteiger partial charge in [-0.2, -0.15) is 5.10 Å². The van der Waals surface area contributed by atoms with E-state index in [1.165, 1.54) is 0 Å². The SMILES string of the molecule is CN=C(NCCCn1cccn1)NCc1ccc(OCCOC)nc1. The molecular weight excluding hydrogens is 320 g/mol. The van der Waals surface area contributed by atoms with Gasteiger partial charge in [0.25, 0.3) is 0 Å². The van der Waals surface area contributed by atoms with E-state index in [0.717, 1.165) is 31.0 Å². The molecule has 0 saturated carbocycles. The number of ether oxygens (including phenoxy) is 2. The minimum atomic E-state index is 0.496. The van der Waals surface area contributed by atoms with Gasteiger partial charge in [0.1, 0.15) is 6.61 Å². The summed E-state index contributed by atoms with van der Waals surface area (Å²) in [6.45, 7) is 3.39. The predicted molar refractivity (Wildman–Crippen MR) is 96.7 cm³/mol. The molecule has 2 aromatic heterocycles. The van der Waals surface area contributed by atoms with Crippen molar-refractivity contribution in [3.63, 3.8) is 0 Å². The fourth-order valence-electron chi connectivity index (χ4n) is 2.12. The lowest BCUT2D eigenvalue weighted by Crippen LogP contribution is -2.37. The molecule has 0 saturated heterocycles. The monoisotopic (exact) mass is 346 g/mol. The summed E-state index contributed by atoms with van der Waals surface area (Å²) in [7, 11) is 3.40. The number of guanidine groups is 1. The highest BCUT2D eigenvalue weighted by molar-refractivity contribution is 5.79. The molecule has 0 aromatic carbocycles. The van der Waals surface area contributed by atoms with Crippen molar-refractivity contribution in [3.8, 4) is 5.88 Å². The normalized spacial score (nSPS) is 11.4. The van der Waals surface area contributed by atoms with E-state index < -0.39 is 0 Å². The van der Waals surface area contributed by atoms with E-state index in [4.69, 9.17) is 9.47 Å². The van der Waals surface area contributed by atoms with E-state index in [0.29, 0.717) is 25.6 Å². The van der Waals surface area contributed by atoms with E-state index in [1.807, 2.05) is 29.1 Å². The number of aromatic nitrogens is 3. The standard InChI is InChI=1S/C17H26N6O2/c1-18-17(19-7-3-9-23-10-4-8-22-23)21-14-15-5-6-16(20-13-15)25-12-11-24-2/h4-6,8,10,13H,3,7,9,11-12,14H2,1-2H3,(H2,18,19,21). The summed E-state index contributed by atoms with van der Waals surface area (Å²) in [5.41, 5.74) is 1.05. The molecule has 0 radical (unpaired) electrons. The second-order valence-corrected chi connectivity index (χ2v) is 5.32. The second-order valence-electron chi connectivity index (χ2n) is 5.32. The zero-order chi connectivity index (χ0) is 17.7. The van der Waals surface area contributed by atoms with Crippen molar-refractivity contribution in [2.75, 3.05) is 33.9 Å². The fraction of sp³-hybridized carbons (Fsp3) is 0.471. The van der Waals surface area contributed by atoms with Crippen molar-refractivity contribution < 1.29 is 9.47 Å². The van der Waals surface area contributed by atoms with Gasteiger partial charge >= 0.3 is 0 Å². The van der Waals surface area contributed by atoms with Gasteiger partial charge in [-0.05, 0) is 18.1 Å². The lowest BCUT2D eigenvalue weighted by molar-refractivity contribution is 0.143. The van der Waals surface area contributed by atoms with Gasteiger partial charge in [0.05, 0.1) is 6.61 Å². The molecule has 0 amide bonds. The summed E-state index contributed by atoms with van der Waals surface area (Å²) in [5, 5.41) is 10.7. The molecule has 25 heavy (non-hydrogen) atoms. The van der Waals surface area contributed by atoms with Crippen LogP contribution in [0.3, 0.4) is 0 Å². The summed E-state index contributed by atoms with van der Waals surface area (Å²) >= 11 is 0. The molecule has 0 aliphatic rings. The van der Waals surface area contributed by atoms with Gasteiger partial charge in [-0.25, -0.2) is 4.98 Å². The van der Waals surface area contributed by atoms with Crippen molar-refractivity contribution >= 4 is 5.96 Å². The van der Waals surface area contributed by atoms with E-state index in [-0.39, 0.29) is 0 Å². The van der Waals surface area contributed by atoms with E-state index >= 15 is 0 Å². The van der Waals surface area contributed by atoms with Gasteiger partial charge in [0.2, 0.25) is 5.88 Å². The molecule has 8 heteroatoms. The second kappa shape index (κ2) is 11.0. The predicted octanol–water partition coefficient (Wildman–Crippen LogP) is 1.06. The molecule has 0 fully saturated rings. The van der Waals surface area contributed by atoms with Crippen LogP contribution in [0.25, 0.3) is 0 Å². The third kappa shape index (κ3) is 7.21. The Morgan fingerprint density at radius 1 is 1.28 bits per heavy atom. The maximum absolute atomic E-state index is 5.44. The molecule has 8 nitrogen and oxygen atoms in total. The Kier molecular flexibility index (Phi) is 8.26. The van der Waals surface area contributed by atoms with E-state index in [1.54, 1.807) is 26.6 Å². The van der Waals surface area contributed by atoms with Crippen molar-refractivity contribution in [1.82, 2.24) is 25.4 Å². The summed E-state index contributed by atoms with van der Waals surface area (Å²) in [4.78, 5) is 8.49. The van der Waals surface area contributed by atoms with Gasteiger partial charge in [0.15, 0.2) is 5.96 Å². The van der Waals surface area contributed by atoms with Crippen LogP contribution in [0.4, 0.5) is 0 Å². The molecule has 0 spiro atoms. The van der Waals surface area contributed by atoms with Gasteiger partial charge < -0.3 is 20.1 Å². The third-order valence-electron chi connectivity index (χ3n) is 3.43. The lowest BCUT2D eigenvalue weighted by atomic mass is 10.3. The van der Waals surface area contributed by atoms with Crippen molar-refractivity contribution in [2.24, 2.45) is 4.99 Å². The number of hydrogen-bond donors (Lipinski definition) is 2. The number of nitrogens with one attached hydrogen (secondary N) is 2. The van der Waals surface area contributed by atoms with Crippen LogP contribution in [-0.2, 0) is 17.8 Å². The first-order valence-electron chi connectivity index (χ1n) is 8.30. The molecule has 0 unspecified atom stereocenters. The molecule has 2 rings (SSSR count). The van der Waals surface area contributed by atoms with Crippen LogP contribution < -0.4 is 15.4 Å².